The molecule has 0 saturated heterocycles. The summed E-state index contributed by atoms with van der Waals surface area (Å²) < 4.78 is 5.56. The number of hydrogen-bond acceptors (Lipinski definition) is 4. The number of nitrogens with one attached hydrogen (secondary N) is 2. The summed E-state index contributed by atoms with van der Waals surface area (Å²) in [4.78, 5) is 28.6. The van der Waals surface area contributed by atoms with Gasteiger partial charge in [0, 0.05) is 16.9 Å². The number of anilines is 2. The number of carbonyl (C=O) groups is 2. The van der Waals surface area contributed by atoms with Crippen molar-refractivity contribution in [1.29, 1.82) is 0 Å². The van der Waals surface area contributed by atoms with Gasteiger partial charge in [0.15, 0.2) is 6.61 Å². The summed E-state index contributed by atoms with van der Waals surface area (Å²) >= 11 is 6.06. The Labute approximate surface area is 167 Å². The highest BCUT2D eigenvalue weighted by atomic mass is 35.5. The van der Waals surface area contributed by atoms with Gasteiger partial charge in [0.1, 0.15) is 5.75 Å². The summed E-state index contributed by atoms with van der Waals surface area (Å²) in [6.07, 6.45) is 3.16. The van der Waals surface area contributed by atoms with E-state index in [1.54, 1.807) is 60.9 Å². The highest BCUT2D eigenvalue weighted by Gasteiger charge is 2.14. The Morgan fingerprint density at radius 3 is 2.61 bits per heavy atom. The van der Waals surface area contributed by atoms with Crippen LogP contribution >= 0.6 is 11.6 Å². The summed E-state index contributed by atoms with van der Waals surface area (Å²) in [7, 11) is 0. The lowest BCUT2D eigenvalue weighted by Gasteiger charge is -2.12. The van der Waals surface area contributed by atoms with Crippen molar-refractivity contribution in [2.75, 3.05) is 17.2 Å². The van der Waals surface area contributed by atoms with Gasteiger partial charge in [-0.15, -0.1) is 0 Å². The third kappa shape index (κ3) is 5.08. The van der Waals surface area contributed by atoms with Gasteiger partial charge in [-0.25, -0.2) is 0 Å². The van der Waals surface area contributed by atoms with Gasteiger partial charge < -0.3 is 15.4 Å². The van der Waals surface area contributed by atoms with Gasteiger partial charge in [-0.1, -0.05) is 29.8 Å². The molecule has 7 heteroatoms. The van der Waals surface area contributed by atoms with Crippen LogP contribution in [0.25, 0.3) is 0 Å². The number of para-hydroxylation sites is 1. The molecule has 1 aromatic heterocycles. The van der Waals surface area contributed by atoms with Crippen molar-refractivity contribution in [2.45, 2.75) is 6.92 Å². The number of aromatic nitrogens is 1. The number of aryl methyl sites for hydroxylation is 1. The van der Waals surface area contributed by atoms with E-state index in [1.165, 1.54) is 0 Å². The van der Waals surface area contributed by atoms with E-state index in [0.717, 1.165) is 5.56 Å². The molecule has 0 aliphatic rings. The molecule has 6 nitrogen and oxygen atoms in total. The van der Waals surface area contributed by atoms with Gasteiger partial charge in [0.2, 0.25) is 0 Å². The predicted octanol–water partition coefficient (Wildman–Crippen LogP) is 4.31. The summed E-state index contributed by atoms with van der Waals surface area (Å²) in [5.41, 5.74) is 2.38. The number of rotatable bonds is 6. The molecule has 0 spiro atoms. The molecule has 1 heterocycles. The largest absolute Gasteiger partial charge is 0.483 e. The molecule has 2 amide bonds. The molecule has 0 radical (unpaired) electrons. The van der Waals surface area contributed by atoms with E-state index < -0.39 is 0 Å². The number of halogens is 1. The molecule has 0 fully saturated rings. The fourth-order valence-electron chi connectivity index (χ4n) is 2.43. The van der Waals surface area contributed by atoms with E-state index in [4.69, 9.17) is 16.3 Å². The van der Waals surface area contributed by atoms with Crippen LogP contribution in [-0.4, -0.2) is 23.4 Å². The van der Waals surface area contributed by atoms with Crippen LogP contribution < -0.4 is 15.4 Å². The monoisotopic (exact) mass is 395 g/mol. The normalized spacial score (nSPS) is 10.2. The lowest BCUT2D eigenvalue weighted by Crippen LogP contribution is -2.21. The Hall–Kier alpha value is -3.38. The minimum atomic E-state index is -0.359. The zero-order valence-electron chi connectivity index (χ0n) is 15.1. The van der Waals surface area contributed by atoms with Crippen molar-refractivity contribution in [3.8, 4) is 5.75 Å². The first-order valence-electron chi connectivity index (χ1n) is 8.52. The molecule has 0 aliphatic heterocycles. The summed E-state index contributed by atoms with van der Waals surface area (Å²) in [6, 6.07) is 15.4. The molecule has 3 rings (SSSR count). The van der Waals surface area contributed by atoms with Crippen LogP contribution in [0.1, 0.15) is 15.9 Å². The van der Waals surface area contributed by atoms with Crippen molar-refractivity contribution in [3.05, 3.63) is 83.1 Å². The first-order chi connectivity index (χ1) is 13.5. The van der Waals surface area contributed by atoms with Crippen molar-refractivity contribution in [2.24, 2.45) is 0 Å². The van der Waals surface area contributed by atoms with Crippen LogP contribution in [-0.2, 0) is 4.79 Å². The van der Waals surface area contributed by atoms with Crippen LogP contribution in [0.4, 0.5) is 11.4 Å². The molecule has 142 valence electrons. The molecule has 0 aliphatic carbocycles. The topological polar surface area (TPSA) is 80.3 Å². The number of ether oxygens (including phenoxy) is 1. The van der Waals surface area contributed by atoms with E-state index in [-0.39, 0.29) is 18.4 Å². The number of nitrogens with zero attached hydrogens (tertiary/aromatic N) is 1. The predicted molar refractivity (Wildman–Crippen MR) is 109 cm³/mol. The maximum atomic E-state index is 12.5. The van der Waals surface area contributed by atoms with Crippen LogP contribution in [0.15, 0.2) is 67.0 Å². The van der Waals surface area contributed by atoms with Crippen molar-refractivity contribution >= 4 is 34.8 Å². The maximum Gasteiger partial charge on any atom is 0.262 e. The third-order valence-corrected chi connectivity index (χ3v) is 4.27. The first kappa shape index (κ1) is 19.4. The Kier molecular flexibility index (Phi) is 6.24. The molecular formula is C21H18ClN3O3. The summed E-state index contributed by atoms with van der Waals surface area (Å²) in [5.74, 6) is -0.405. The zero-order valence-corrected chi connectivity index (χ0v) is 15.9. The average Bonchev–Trinajstić information content (AvgIpc) is 2.70. The van der Waals surface area contributed by atoms with Crippen molar-refractivity contribution in [3.63, 3.8) is 0 Å². The standard InChI is InChI=1S/C21H18ClN3O3/c1-14-8-9-15(11-18(14)22)24-20(26)13-28-19-7-3-2-6-17(19)21(27)25-16-5-4-10-23-12-16/h2-12H,13H2,1H3,(H,24,26)(H,25,27). The highest BCUT2D eigenvalue weighted by Crippen LogP contribution is 2.21. The minimum Gasteiger partial charge on any atom is -0.483 e. The smallest absolute Gasteiger partial charge is 0.262 e. The van der Waals surface area contributed by atoms with E-state index in [0.29, 0.717) is 27.7 Å². The second-order valence-corrected chi connectivity index (χ2v) is 6.40. The van der Waals surface area contributed by atoms with Crippen LogP contribution in [0.2, 0.25) is 5.02 Å². The maximum absolute atomic E-state index is 12.5. The van der Waals surface area contributed by atoms with Crippen molar-refractivity contribution < 1.29 is 14.3 Å². The molecule has 2 aromatic carbocycles. The summed E-state index contributed by atoms with van der Waals surface area (Å²) in [5, 5.41) is 6.02. The quantitative estimate of drug-likeness (QED) is 0.651. The second-order valence-electron chi connectivity index (χ2n) is 5.99. The Morgan fingerprint density at radius 2 is 1.86 bits per heavy atom. The minimum absolute atomic E-state index is 0.247. The van der Waals surface area contributed by atoms with Gasteiger partial charge in [-0.2, -0.15) is 0 Å². The highest BCUT2D eigenvalue weighted by molar-refractivity contribution is 6.31. The molecule has 2 N–H and O–H groups in total. The van der Waals surface area contributed by atoms with Gasteiger partial charge in [-0.3, -0.25) is 14.6 Å². The number of pyridine rings is 1. The Bertz CT molecular complexity index is 993. The van der Waals surface area contributed by atoms with Gasteiger partial charge in [-0.05, 0) is 48.9 Å². The lowest BCUT2D eigenvalue weighted by atomic mass is 10.2. The fourth-order valence-corrected chi connectivity index (χ4v) is 2.61. The third-order valence-electron chi connectivity index (χ3n) is 3.87. The van der Waals surface area contributed by atoms with Gasteiger partial charge >= 0.3 is 0 Å². The van der Waals surface area contributed by atoms with Gasteiger partial charge in [0.05, 0.1) is 17.4 Å². The number of hydrogen-bond donors (Lipinski definition) is 2. The molecule has 3 aromatic rings. The zero-order chi connectivity index (χ0) is 19.9. The molecule has 0 saturated carbocycles. The molecule has 0 bridgehead atoms. The van der Waals surface area contributed by atoms with E-state index in [9.17, 15) is 9.59 Å². The number of amides is 2. The Balaban J connectivity index is 1.63. The molecular weight excluding hydrogens is 378 g/mol. The van der Waals surface area contributed by atoms with Gasteiger partial charge in [0.25, 0.3) is 11.8 Å². The van der Waals surface area contributed by atoms with Crippen LogP contribution in [0.3, 0.4) is 0 Å². The Morgan fingerprint density at radius 1 is 1.04 bits per heavy atom. The molecule has 0 unspecified atom stereocenters. The lowest BCUT2D eigenvalue weighted by molar-refractivity contribution is -0.118. The van der Waals surface area contributed by atoms with Crippen molar-refractivity contribution in [1.82, 2.24) is 4.98 Å². The summed E-state index contributed by atoms with van der Waals surface area (Å²) in [6.45, 7) is 1.63. The average molecular weight is 396 g/mol. The van der Waals surface area contributed by atoms with E-state index in [2.05, 4.69) is 15.6 Å². The first-order valence-corrected chi connectivity index (χ1v) is 8.90. The molecule has 0 atom stereocenters. The fraction of sp³-hybridized carbons (Fsp3) is 0.0952. The van der Waals surface area contributed by atoms with Crippen LogP contribution in [0, 0.1) is 6.92 Å². The van der Waals surface area contributed by atoms with E-state index in [1.807, 2.05) is 13.0 Å². The van der Waals surface area contributed by atoms with E-state index >= 15 is 0 Å². The number of carbonyl (C=O) groups excluding carboxylic acids is 2. The van der Waals surface area contributed by atoms with Crippen LogP contribution in [0.5, 0.6) is 5.75 Å². The molecule has 28 heavy (non-hydrogen) atoms. The SMILES string of the molecule is Cc1ccc(NC(=O)COc2ccccc2C(=O)Nc2cccnc2)cc1Cl. The number of benzene rings is 2. The second kappa shape index (κ2) is 9.01.